The largest absolute Gasteiger partial charge is 0.496 e. The van der Waals surface area contributed by atoms with Crippen molar-refractivity contribution < 1.29 is 23.8 Å². The van der Waals surface area contributed by atoms with E-state index in [1.54, 1.807) is 39.2 Å². The van der Waals surface area contributed by atoms with E-state index in [1.165, 1.54) is 6.08 Å². The summed E-state index contributed by atoms with van der Waals surface area (Å²) in [6, 6.07) is 12.7. The van der Waals surface area contributed by atoms with Crippen LogP contribution in [0.25, 0.3) is 17.2 Å². The molecule has 0 heterocycles. The maximum absolute atomic E-state index is 11.6. The van der Waals surface area contributed by atoms with Crippen molar-refractivity contribution in [1.29, 1.82) is 0 Å². The minimum absolute atomic E-state index is 0.333. The van der Waals surface area contributed by atoms with Crippen molar-refractivity contribution in [2.75, 3.05) is 13.7 Å². The predicted octanol–water partition coefficient (Wildman–Crippen LogP) is 4.42. The number of rotatable bonds is 7. The van der Waals surface area contributed by atoms with E-state index in [0.717, 1.165) is 16.7 Å². The van der Waals surface area contributed by atoms with Crippen molar-refractivity contribution in [1.82, 2.24) is 0 Å². The Morgan fingerprint density at radius 2 is 1.81 bits per heavy atom. The van der Waals surface area contributed by atoms with Gasteiger partial charge in [-0.15, -0.1) is 0 Å². The molecule has 2 aromatic rings. The Balaban J connectivity index is 2.28. The lowest BCUT2D eigenvalue weighted by Crippen LogP contribution is -2.07. The molecule has 0 saturated carbocycles. The van der Waals surface area contributed by atoms with Gasteiger partial charge in [-0.1, -0.05) is 24.8 Å². The average molecular weight is 366 g/mol. The van der Waals surface area contributed by atoms with Crippen molar-refractivity contribution in [3.63, 3.8) is 0 Å². The molecule has 0 N–H and O–H groups in total. The molecule has 0 saturated heterocycles. The van der Waals surface area contributed by atoms with Crippen molar-refractivity contribution in [2.24, 2.45) is 0 Å². The first-order valence-corrected chi connectivity index (χ1v) is 8.45. The lowest BCUT2D eigenvalue weighted by Gasteiger charge is -2.11. The van der Waals surface area contributed by atoms with Crippen molar-refractivity contribution >= 4 is 18.0 Å². The second-order valence-corrected chi connectivity index (χ2v) is 5.74. The van der Waals surface area contributed by atoms with Gasteiger partial charge in [-0.05, 0) is 55.3 Å². The second-order valence-electron chi connectivity index (χ2n) is 5.74. The second kappa shape index (κ2) is 9.38. The van der Waals surface area contributed by atoms with Crippen LogP contribution in [-0.4, -0.2) is 25.7 Å². The van der Waals surface area contributed by atoms with E-state index in [0.29, 0.717) is 23.7 Å². The third kappa shape index (κ3) is 5.57. The summed E-state index contributed by atoms with van der Waals surface area (Å²) in [6.45, 7) is 7.24. The van der Waals surface area contributed by atoms with Gasteiger partial charge >= 0.3 is 11.9 Å². The molecule has 0 radical (unpaired) electrons. The van der Waals surface area contributed by atoms with Gasteiger partial charge in [0.2, 0.25) is 0 Å². The highest BCUT2D eigenvalue weighted by Gasteiger charge is 2.09. The zero-order valence-electron chi connectivity index (χ0n) is 15.7. The lowest BCUT2D eigenvalue weighted by molar-refractivity contribution is -0.137. The molecule has 0 bridgehead atoms. The third-order valence-corrected chi connectivity index (χ3v) is 3.65. The maximum Gasteiger partial charge on any atom is 0.338 e. The van der Waals surface area contributed by atoms with E-state index in [-0.39, 0.29) is 0 Å². The van der Waals surface area contributed by atoms with E-state index < -0.39 is 11.9 Å². The third-order valence-electron chi connectivity index (χ3n) is 3.65. The van der Waals surface area contributed by atoms with E-state index in [2.05, 4.69) is 6.58 Å². The van der Waals surface area contributed by atoms with Crippen molar-refractivity contribution in [3.05, 3.63) is 66.3 Å². The molecule has 0 fully saturated rings. The summed E-state index contributed by atoms with van der Waals surface area (Å²) >= 11 is 0. The van der Waals surface area contributed by atoms with Gasteiger partial charge in [0.25, 0.3) is 0 Å². The summed E-state index contributed by atoms with van der Waals surface area (Å²) in [5.74, 6) is 0.268. The molecule has 140 valence electrons. The molecule has 0 aliphatic rings. The number of methoxy groups -OCH3 is 1. The lowest BCUT2D eigenvalue weighted by atomic mass is 10.0. The smallest absolute Gasteiger partial charge is 0.338 e. The zero-order valence-corrected chi connectivity index (χ0v) is 15.7. The van der Waals surface area contributed by atoms with Crippen LogP contribution in [-0.2, 0) is 14.3 Å². The van der Waals surface area contributed by atoms with Crippen LogP contribution in [0.3, 0.4) is 0 Å². The Bertz CT molecular complexity index is 863. The normalized spacial score (nSPS) is 10.5. The molecule has 0 aliphatic heterocycles. The van der Waals surface area contributed by atoms with Crippen molar-refractivity contribution in [3.8, 4) is 22.6 Å². The summed E-state index contributed by atoms with van der Waals surface area (Å²) in [5.41, 5.74) is 2.90. The number of hydrogen-bond acceptors (Lipinski definition) is 5. The first-order chi connectivity index (χ1) is 12.9. The van der Waals surface area contributed by atoms with Gasteiger partial charge in [0.15, 0.2) is 0 Å². The van der Waals surface area contributed by atoms with Crippen LogP contribution in [0.5, 0.6) is 11.5 Å². The van der Waals surface area contributed by atoms with Crippen LogP contribution >= 0.6 is 0 Å². The van der Waals surface area contributed by atoms with Crippen LogP contribution in [0.2, 0.25) is 0 Å². The molecule has 5 nitrogen and oxygen atoms in total. The Kier molecular flexibility index (Phi) is 6.94. The molecule has 5 heteroatoms. The number of hydrogen-bond donors (Lipinski definition) is 0. The van der Waals surface area contributed by atoms with Crippen LogP contribution in [0, 0.1) is 0 Å². The number of esters is 2. The van der Waals surface area contributed by atoms with Crippen LogP contribution < -0.4 is 9.47 Å². The fraction of sp³-hybridized carbons (Fsp3) is 0.182. The predicted molar refractivity (Wildman–Crippen MR) is 105 cm³/mol. The molecular weight excluding hydrogens is 344 g/mol. The van der Waals surface area contributed by atoms with Gasteiger partial charge in [-0.2, -0.15) is 0 Å². The van der Waals surface area contributed by atoms with Gasteiger partial charge in [0.1, 0.15) is 11.5 Å². The summed E-state index contributed by atoms with van der Waals surface area (Å²) in [6.07, 6.45) is 3.07. The highest BCUT2D eigenvalue weighted by Crippen LogP contribution is 2.32. The van der Waals surface area contributed by atoms with E-state index >= 15 is 0 Å². The fourth-order valence-corrected chi connectivity index (χ4v) is 2.31. The molecule has 0 aliphatic carbocycles. The first kappa shape index (κ1) is 20.0. The van der Waals surface area contributed by atoms with Gasteiger partial charge in [-0.3, -0.25) is 0 Å². The van der Waals surface area contributed by atoms with Crippen LogP contribution in [0.15, 0.2) is 60.7 Å². The molecule has 0 aromatic heterocycles. The summed E-state index contributed by atoms with van der Waals surface area (Å²) in [4.78, 5) is 23.1. The quantitative estimate of drug-likeness (QED) is 0.412. The van der Waals surface area contributed by atoms with Gasteiger partial charge < -0.3 is 14.2 Å². The maximum atomic E-state index is 11.6. The molecule has 0 unspecified atom stereocenters. The highest BCUT2D eigenvalue weighted by molar-refractivity contribution is 5.89. The number of benzene rings is 2. The van der Waals surface area contributed by atoms with E-state index in [9.17, 15) is 9.59 Å². The van der Waals surface area contributed by atoms with Gasteiger partial charge in [0.05, 0.1) is 13.7 Å². The fourth-order valence-electron chi connectivity index (χ4n) is 2.31. The Morgan fingerprint density at radius 3 is 2.41 bits per heavy atom. The Labute approximate surface area is 158 Å². The number of ether oxygens (including phenoxy) is 3. The molecule has 2 aromatic carbocycles. The minimum Gasteiger partial charge on any atom is -0.496 e. The molecular formula is C22H22O5. The summed E-state index contributed by atoms with van der Waals surface area (Å²) < 4.78 is 15.5. The average Bonchev–Trinajstić information content (AvgIpc) is 2.67. The highest BCUT2D eigenvalue weighted by atomic mass is 16.5. The van der Waals surface area contributed by atoms with Crippen LogP contribution in [0.1, 0.15) is 19.4 Å². The number of carbonyl (C=O) groups is 2. The van der Waals surface area contributed by atoms with Gasteiger partial charge in [0, 0.05) is 17.2 Å². The Morgan fingerprint density at radius 1 is 1.11 bits per heavy atom. The first-order valence-electron chi connectivity index (χ1n) is 8.45. The van der Waals surface area contributed by atoms with E-state index in [4.69, 9.17) is 14.2 Å². The summed E-state index contributed by atoms with van der Waals surface area (Å²) in [5, 5.41) is 0. The zero-order chi connectivity index (χ0) is 19.8. The summed E-state index contributed by atoms with van der Waals surface area (Å²) in [7, 11) is 1.59. The molecule has 0 atom stereocenters. The molecule has 27 heavy (non-hydrogen) atoms. The minimum atomic E-state index is -0.466. The standard InChI is InChI=1S/C22H22O5/c1-5-26-21(23)13-7-16-6-12-20(25-4)19(14-16)17-8-10-18(11-9-17)27-22(24)15(2)3/h6-14H,2,5H2,1,3-4H3/b13-7+. The molecule has 0 amide bonds. The van der Waals surface area contributed by atoms with E-state index in [1.807, 2.05) is 30.3 Å². The monoisotopic (exact) mass is 366 g/mol. The molecule has 2 rings (SSSR count). The van der Waals surface area contributed by atoms with Gasteiger partial charge in [-0.25, -0.2) is 9.59 Å². The topological polar surface area (TPSA) is 61.8 Å². The SMILES string of the molecule is C=C(C)C(=O)Oc1ccc(-c2cc(/C=C/C(=O)OCC)ccc2OC)cc1. The number of carbonyl (C=O) groups excluding carboxylic acids is 2. The molecule has 0 spiro atoms. The Hall–Kier alpha value is -3.34. The van der Waals surface area contributed by atoms with Crippen LogP contribution in [0.4, 0.5) is 0 Å². The van der Waals surface area contributed by atoms with Crippen molar-refractivity contribution in [2.45, 2.75) is 13.8 Å².